The lowest BCUT2D eigenvalue weighted by Crippen LogP contribution is -2.50. The van der Waals surface area contributed by atoms with Crippen molar-refractivity contribution in [2.45, 2.75) is 39.5 Å². The van der Waals surface area contributed by atoms with Gasteiger partial charge in [0, 0.05) is 13.0 Å². The van der Waals surface area contributed by atoms with Gasteiger partial charge in [0.05, 0.1) is 12.3 Å². The first-order valence-electron chi connectivity index (χ1n) is 8.36. The largest absolute Gasteiger partial charge is 0.466 e. The van der Waals surface area contributed by atoms with E-state index in [9.17, 15) is 14.4 Å². The molecule has 1 heterocycles. The Balaban J connectivity index is 2.27. The fourth-order valence-electron chi connectivity index (χ4n) is 2.72. The maximum atomic E-state index is 12.7. The maximum Gasteiger partial charge on any atom is 0.315 e. The van der Waals surface area contributed by atoms with Crippen LogP contribution in [-0.4, -0.2) is 35.9 Å². The summed E-state index contributed by atoms with van der Waals surface area (Å²) in [7, 11) is 0. The molecule has 0 N–H and O–H groups in total. The van der Waals surface area contributed by atoms with Gasteiger partial charge < -0.3 is 4.74 Å². The van der Waals surface area contributed by atoms with E-state index in [1.54, 1.807) is 31.2 Å². The molecule has 130 valence electrons. The van der Waals surface area contributed by atoms with Gasteiger partial charge in [0.15, 0.2) is 0 Å². The molecule has 2 rings (SSSR count). The molecule has 0 aromatic heterocycles. The van der Waals surface area contributed by atoms with Crippen molar-refractivity contribution in [1.29, 1.82) is 0 Å². The SMILES string of the molecule is CCOC(=O)CC(=O)N(c1ccccc1)N1CCC(C)CCC1=O. The van der Waals surface area contributed by atoms with Crippen LogP contribution in [0, 0.1) is 5.92 Å². The number of ether oxygens (including phenoxy) is 1. The smallest absolute Gasteiger partial charge is 0.315 e. The third kappa shape index (κ3) is 4.57. The lowest BCUT2D eigenvalue weighted by molar-refractivity contribution is -0.147. The molecule has 0 radical (unpaired) electrons. The zero-order chi connectivity index (χ0) is 17.5. The molecular formula is C18H24N2O4. The van der Waals surface area contributed by atoms with Gasteiger partial charge >= 0.3 is 5.97 Å². The van der Waals surface area contributed by atoms with Crippen LogP contribution in [0.4, 0.5) is 5.69 Å². The van der Waals surface area contributed by atoms with E-state index in [1.807, 2.05) is 6.07 Å². The van der Waals surface area contributed by atoms with Crippen LogP contribution in [0.1, 0.15) is 39.5 Å². The number of nitrogens with zero attached hydrogens (tertiary/aromatic N) is 2. The van der Waals surface area contributed by atoms with E-state index in [4.69, 9.17) is 4.74 Å². The Labute approximate surface area is 142 Å². The molecule has 0 bridgehead atoms. The average molecular weight is 332 g/mol. The molecular weight excluding hydrogens is 308 g/mol. The molecule has 2 amide bonds. The van der Waals surface area contributed by atoms with E-state index in [0.717, 1.165) is 12.8 Å². The fraction of sp³-hybridized carbons (Fsp3) is 0.500. The Kier molecular flexibility index (Phi) is 6.35. The minimum atomic E-state index is -0.584. The summed E-state index contributed by atoms with van der Waals surface area (Å²) in [5.41, 5.74) is 0.578. The maximum absolute atomic E-state index is 12.7. The van der Waals surface area contributed by atoms with Crippen molar-refractivity contribution in [1.82, 2.24) is 5.01 Å². The number of esters is 1. The van der Waals surface area contributed by atoms with Crippen LogP contribution in [0.25, 0.3) is 0 Å². The van der Waals surface area contributed by atoms with Crippen molar-refractivity contribution in [2.75, 3.05) is 18.2 Å². The van der Waals surface area contributed by atoms with Gasteiger partial charge in [-0.2, -0.15) is 0 Å². The molecule has 0 spiro atoms. The number of para-hydroxylation sites is 1. The number of hydrogen-bond donors (Lipinski definition) is 0. The van der Waals surface area contributed by atoms with E-state index in [0.29, 0.717) is 24.6 Å². The lowest BCUT2D eigenvalue weighted by atomic mass is 10.0. The van der Waals surface area contributed by atoms with E-state index in [-0.39, 0.29) is 18.9 Å². The van der Waals surface area contributed by atoms with Crippen LogP contribution in [0.5, 0.6) is 0 Å². The number of carbonyl (C=O) groups is 3. The van der Waals surface area contributed by atoms with Gasteiger partial charge in [-0.3, -0.25) is 14.4 Å². The van der Waals surface area contributed by atoms with Crippen LogP contribution >= 0.6 is 0 Å². The Morgan fingerprint density at radius 1 is 1.25 bits per heavy atom. The van der Waals surface area contributed by atoms with Gasteiger partial charge in [0.25, 0.3) is 5.91 Å². The second-order valence-electron chi connectivity index (χ2n) is 5.97. The first-order chi connectivity index (χ1) is 11.5. The minimum Gasteiger partial charge on any atom is -0.466 e. The lowest BCUT2D eigenvalue weighted by Gasteiger charge is -2.34. The highest BCUT2D eigenvalue weighted by atomic mass is 16.5. The van der Waals surface area contributed by atoms with E-state index in [2.05, 4.69) is 6.92 Å². The van der Waals surface area contributed by atoms with Crippen LogP contribution in [-0.2, 0) is 19.1 Å². The van der Waals surface area contributed by atoms with Crippen molar-refractivity contribution in [3.63, 3.8) is 0 Å². The number of rotatable bonds is 5. The third-order valence-electron chi connectivity index (χ3n) is 4.05. The monoisotopic (exact) mass is 332 g/mol. The predicted molar refractivity (Wildman–Crippen MR) is 89.9 cm³/mol. The average Bonchev–Trinajstić information content (AvgIpc) is 2.72. The molecule has 24 heavy (non-hydrogen) atoms. The van der Waals surface area contributed by atoms with Crippen molar-refractivity contribution >= 4 is 23.5 Å². The van der Waals surface area contributed by atoms with Crippen LogP contribution < -0.4 is 5.01 Å². The number of hydrogen-bond acceptors (Lipinski definition) is 4. The normalized spacial score (nSPS) is 18.0. The van der Waals surface area contributed by atoms with E-state index in [1.165, 1.54) is 10.0 Å². The second kappa shape index (κ2) is 8.47. The molecule has 1 aromatic carbocycles. The minimum absolute atomic E-state index is 0.0968. The fourth-order valence-corrected chi connectivity index (χ4v) is 2.72. The van der Waals surface area contributed by atoms with Crippen LogP contribution in [0.2, 0.25) is 0 Å². The zero-order valence-corrected chi connectivity index (χ0v) is 14.2. The topological polar surface area (TPSA) is 66.9 Å². The summed E-state index contributed by atoms with van der Waals surface area (Å²) in [6.07, 6.45) is 1.64. The first kappa shape index (κ1) is 18.0. The zero-order valence-electron chi connectivity index (χ0n) is 14.2. The van der Waals surface area contributed by atoms with Crippen LogP contribution in [0.3, 0.4) is 0 Å². The van der Waals surface area contributed by atoms with E-state index >= 15 is 0 Å². The number of amides is 2. The summed E-state index contributed by atoms with van der Waals surface area (Å²) in [5, 5.41) is 2.80. The highest BCUT2D eigenvalue weighted by molar-refractivity contribution is 6.04. The van der Waals surface area contributed by atoms with Gasteiger partial charge in [-0.25, -0.2) is 10.0 Å². The Hall–Kier alpha value is -2.37. The standard InChI is InChI=1S/C18H24N2O4/c1-3-24-18(23)13-17(22)20(15-7-5-4-6-8-15)19-12-11-14(2)9-10-16(19)21/h4-8,14H,3,9-13H2,1-2H3. The highest BCUT2D eigenvalue weighted by Crippen LogP contribution is 2.24. The molecule has 6 nitrogen and oxygen atoms in total. The summed E-state index contributed by atoms with van der Waals surface area (Å²) < 4.78 is 4.86. The number of anilines is 1. The number of hydrazine groups is 1. The molecule has 1 unspecified atom stereocenters. The second-order valence-corrected chi connectivity index (χ2v) is 5.97. The molecule has 1 aromatic rings. The van der Waals surface area contributed by atoms with Gasteiger partial charge in [-0.15, -0.1) is 0 Å². The molecule has 6 heteroatoms. The summed E-state index contributed by atoms with van der Waals surface area (Å²) in [6.45, 7) is 4.47. The molecule has 0 aliphatic carbocycles. The number of benzene rings is 1. The van der Waals surface area contributed by atoms with Crippen molar-refractivity contribution < 1.29 is 19.1 Å². The number of carbonyl (C=O) groups excluding carboxylic acids is 3. The molecule has 1 aliphatic heterocycles. The quantitative estimate of drug-likeness (QED) is 0.614. The van der Waals surface area contributed by atoms with Gasteiger partial charge in [0.1, 0.15) is 6.42 Å². The van der Waals surface area contributed by atoms with E-state index < -0.39 is 11.9 Å². The van der Waals surface area contributed by atoms with Gasteiger partial charge in [0.2, 0.25) is 5.91 Å². The molecule has 1 aliphatic rings. The Morgan fingerprint density at radius 2 is 1.96 bits per heavy atom. The summed E-state index contributed by atoms with van der Waals surface area (Å²) >= 11 is 0. The summed E-state index contributed by atoms with van der Waals surface area (Å²) in [4.78, 5) is 36.9. The Morgan fingerprint density at radius 3 is 2.62 bits per heavy atom. The first-order valence-corrected chi connectivity index (χ1v) is 8.36. The highest BCUT2D eigenvalue weighted by Gasteiger charge is 2.31. The van der Waals surface area contributed by atoms with Crippen molar-refractivity contribution in [3.8, 4) is 0 Å². The van der Waals surface area contributed by atoms with Gasteiger partial charge in [-0.05, 0) is 37.8 Å². The predicted octanol–water partition coefficient (Wildman–Crippen LogP) is 2.54. The van der Waals surface area contributed by atoms with Crippen molar-refractivity contribution in [3.05, 3.63) is 30.3 Å². The van der Waals surface area contributed by atoms with Crippen LogP contribution in [0.15, 0.2) is 30.3 Å². The summed E-state index contributed by atoms with van der Waals surface area (Å²) in [5.74, 6) is -0.709. The summed E-state index contributed by atoms with van der Waals surface area (Å²) in [6, 6.07) is 8.94. The molecule has 1 atom stereocenters. The molecule has 1 saturated heterocycles. The molecule has 0 saturated carbocycles. The van der Waals surface area contributed by atoms with Crippen molar-refractivity contribution in [2.24, 2.45) is 5.92 Å². The Bertz CT molecular complexity index is 588. The van der Waals surface area contributed by atoms with Gasteiger partial charge in [-0.1, -0.05) is 25.1 Å². The third-order valence-corrected chi connectivity index (χ3v) is 4.05. The molecule has 1 fully saturated rings.